The van der Waals surface area contributed by atoms with E-state index in [0.29, 0.717) is 24.4 Å². The number of methoxy groups -OCH3 is 1. The molecule has 3 aromatic carbocycles. The summed E-state index contributed by atoms with van der Waals surface area (Å²) < 4.78 is 47.3. The van der Waals surface area contributed by atoms with Gasteiger partial charge in [0.15, 0.2) is 17.1 Å². The number of oxazole rings is 1. The van der Waals surface area contributed by atoms with Crippen LogP contribution in [0.5, 0.6) is 11.5 Å². The molecule has 15 nitrogen and oxygen atoms in total. The zero-order valence-corrected chi connectivity index (χ0v) is 27.4. The summed E-state index contributed by atoms with van der Waals surface area (Å²) in [7, 11) is -2.64. The molecule has 0 radical (unpaired) electrons. The van der Waals surface area contributed by atoms with E-state index in [0.717, 1.165) is 5.56 Å². The number of fused-ring (bicyclic) bond motifs is 4. The van der Waals surface area contributed by atoms with Gasteiger partial charge in [0.05, 0.1) is 35.4 Å². The van der Waals surface area contributed by atoms with Gasteiger partial charge in [0.2, 0.25) is 15.9 Å². The molecule has 0 spiro atoms. The second-order valence-electron chi connectivity index (χ2n) is 11.3. The van der Waals surface area contributed by atoms with E-state index in [1.165, 1.54) is 29.6 Å². The molecule has 2 bridgehead atoms. The van der Waals surface area contributed by atoms with Crippen LogP contribution in [-0.2, 0) is 34.2 Å². The predicted molar refractivity (Wildman–Crippen MR) is 177 cm³/mol. The Morgan fingerprint density at radius 2 is 1.84 bits per heavy atom. The number of nitrogens with zero attached hydrogens (tertiary/aromatic N) is 4. The second kappa shape index (κ2) is 14.7. The van der Waals surface area contributed by atoms with E-state index in [4.69, 9.17) is 13.9 Å². The first-order valence-electron chi connectivity index (χ1n) is 15.7. The van der Waals surface area contributed by atoms with Crippen molar-refractivity contribution in [2.45, 2.75) is 36.7 Å². The molecule has 6 rings (SSSR count). The van der Waals surface area contributed by atoms with E-state index in [-0.39, 0.29) is 66.4 Å². The van der Waals surface area contributed by atoms with Crippen LogP contribution in [0.25, 0.3) is 11.1 Å². The molecule has 5 aromatic rings. The molecule has 3 heterocycles. The summed E-state index contributed by atoms with van der Waals surface area (Å²) in [4.78, 5) is 41.5. The summed E-state index contributed by atoms with van der Waals surface area (Å²) in [6.45, 7) is 0.541. The number of sulfonamides is 1. The Balaban J connectivity index is 1.30. The Hall–Kier alpha value is -5.48. The van der Waals surface area contributed by atoms with E-state index < -0.39 is 33.6 Å². The van der Waals surface area contributed by atoms with Gasteiger partial charge in [-0.15, -0.1) is 5.10 Å². The highest BCUT2D eigenvalue weighted by Crippen LogP contribution is 2.31. The summed E-state index contributed by atoms with van der Waals surface area (Å²) in [5.74, 6) is -1.13. The van der Waals surface area contributed by atoms with Crippen LogP contribution in [0.1, 0.15) is 28.0 Å². The molecular formula is C33H35N7O8S. The normalized spacial score (nSPS) is 17.1. The van der Waals surface area contributed by atoms with Crippen LogP contribution < -0.4 is 25.9 Å². The van der Waals surface area contributed by atoms with Gasteiger partial charge in [-0.05, 0) is 35.9 Å². The number of hydrogen-bond acceptors (Lipinski definition) is 10. The highest BCUT2D eigenvalue weighted by Gasteiger charge is 2.28. The third kappa shape index (κ3) is 7.81. The molecule has 16 heteroatoms. The largest absolute Gasteiger partial charge is 0.493 e. The number of carbonyl (C=O) groups excluding carboxylic acids is 2. The molecule has 2 aromatic heterocycles. The minimum absolute atomic E-state index is 0.0270. The van der Waals surface area contributed by atoms with Gasteiger partial charge in [0.25, 0.3) is 5.91 Å². The fourth-order valence-corrected chi connectivity index (χ4v) is 6.99. The smallest absolute Gasteiger partial charge is 0.417 e. The van der Waals surface area contributed by atoms with Gasteiger partial charge < -0.3 is 24.5 Å². The molecule has 2 amide bonds. The van der Waals surface area contributed by atoms with Crippen molar-refractivity contribution in [3.8, 4) is 11.5 Å². The van der Waals surface area contributed by atoms with Crippen LogP contribution in [0.4, 0.5) is 0 Å². The van der Waals surface area contributed by atoms with Crippen LogP contribution in [0.15, 0.2) is 87.0 Å². The monoisotopic (exact) mass is 689 g/mol. The number of para-hydroxylation sites is 1. The maximum absolute atomic E-state index is 13.9. The predicted octanol–water partition coefficient (Wildman–Crippen LogP) is 1.89. The fraction of sp³-hybridized carbons (Fsp3) is 0.303. The van der Waals surface area contributed by atoms with Crippen LogP contribution in [0, 0.1) is 0 Å². The Morgan fingerprint density at radius 1 is 1.00 bits per heavy atom. The van der Waals surface area contributed by atoms with Gasteiger partial charge in [-0.25, -0.2) is 13.2 Å². The highest BCUT2D eigenvalue weighted by molar-refractivity contribution is 7.89. The number of aromatic amines is 1. The quantitative estimate of drug-likeness (QED) is 0.246. The van der Waals surface area contributed by atoms with Gasteiger partial charge >= 0.3 is 5.76 Å². The van der Waals surface area contributed by atoms with Crippen LogP contribution in [-0.4, -0.2) is 83.9 Å². The molecule has 49 heavy (non-hydrogen) atoms. The zero-order valence-electron chi connectivity index (χ0n) is 26.6. The highest BCUT2D eigenvalue weighted by atomic mass is 32.2. The van der Waals surface area contributed by atoms with Gasteiger partial charge in [0, 0.05) is 51.6 Å². The summed E-state index contributed by atoms with van der Waals surface area (Å²) in [6.07, 6.45) is 2.67. The second-order valence-corrected chi connectivity index (χ2v) is 13.3. The van der Waals surface area contributed by atoms with E-state index in [2.05, 4.69) is 25.9 Å². The first kappa shape index (κ1) is 33.4. The Morgan fingerprint density at radius 3 is 2.65 bits per heavy atom. The molecule has 1 atom stereocenters. The Labute approximate surface area is 281 Å². The van der Waals surface area contributed by atoms with Crippen LogP contribution in [0.2, 0.25) is 0 Å². The lowest BCUT2D eigenvalue weighted by Crippen LogP contribution is -2.49. The minimum atomic E-state index is -4.12. The number of benzene rings is 3. The van der Waals surface area contributed by atoms with Crippen molar-refractivity contribution in [1.29, 1.82) is 0 Å². The number of ether oxygens (including phenoxy) is 2. The van der Waals surface area contributed by atoms with Crippen molar-refractivity contribution in [2.75, 3.05) is 33.4 Å². The van der Waals surface area contributed by atoms with Gasteiger partial charge in [-0.2, -0.15) is 4.31 Å². The number of amides is 2. The number of carbonyl (C=O) groups is 2. The Bertz CT molecular complexity index is 2110. The van der Waals surface area contributed by atoms with E-state index >= 15 is 0 Å². The van der Waals surface area contributed by atoms with Crippen molar-refractivity contribution >= 4 is 32.9 Å². The SMILES string of the molecule is COc1cccc2c1OCCCn1cc(nn1)CCN(S(=O)(=O)c1ccc3oc(=O)[nH]c3c1)CCNC(=O)[C@H](Cc1ccccc1)NC2=O. The number of nitrogens with one attached hydrogen (secondary N) is 3. The fourth-order valence-electron chi connectivity index (χ4n) is 5.52. The number of hydrogen-bond donors (Lipinski definition) is 3. The lowest BCUT2D eigenvalue weighted by Gasteiger charge is -2.24. The molecule has 0 aliphatic carbocycles. The molecular weight excluding hydrogens is 654 g/mol. The van der Waals surface area contributed by atoms with Gasteiger partial charge in [0.1, 0.15) is 6.04 Å². The number of rotatable bonds is 5. The van der Waals surface area contributed by atoms with E-state index in [9.17, 15) is 22.8 Å². The van der Waals surface area contributed by atoms with Gasteiger partial charge in [-0.1, -0.05) is 41.6 Å². The van der Waals surface area contributed by atoms with Crippen molar-refractivity contribution in [3.05, 3.63) is 100 Å². The lowest BCUT2D eigenvalue weighted by atomic mass is 10.0. The third-order valence-corrected chi connectivity index (χ3v) is 9.91. The first-order valence-corrected chi connectivity index (χ1v) is 17.1. The Kier molecular flexibility index (Phi) is 10.1. The maximum Gasteiger partial charge on any atom is 0.417 e. The average molecular weight is 690 g/mol. The van der Waals surface area contributed by atoms with Crippen molar-refractivity contribution in [2.24, 2.45) is 0 Å². The zero-order chi connectivity index (χ0) is 34.4. The van der Waals surface area contributed by atoms with E-state index in [1.807, 2.05) is 30.3 Å². The molecule has 1 aliphatic rings. The number of aryl methyl sites for hydroxylation is 1. The summed E-state index contributed by atoms with van der Waals surface area (Å²) in [5, 5.41) is 14.0. The van der Waals surface area contributed by atoms with Crippen LogP contribution >= 0.6 is 0 Å². The van der Waals surface area contributed by atoms with E-state index in [1.54, 1.807) is 29.1 Å². The molecule has 256 valence electrons. The lowest BCUT2D eigenvalue weighted by molar-refractivity contribution is -0.123. The molecule has 0 unspecified atom stereocenters. The molecule has 3 N–H and O–H groups in total. The molecule has 0 saturated heterocycles. The van der Waals surface area contributed by atoms with Gasteiger partial charge in [-0.3, -0.25) is 19.3 Å². The minimum Gasteiger partial charge on any atom is -0.493 e. The average Bonchev–Trinajstić information content (AvgIpc) is 3.72. The summed E-state index contributed by atoms with van der Waals surface area (Å²) in [6, 6.07) is 17.3. The maximum atomic E-state index is 13.9. The standard InChI is InChI=1S/C33H35N7O8S/c1-46-29-10-5-9-25-30(29)47-18-6-15-39-21-23(37-38-39)13-16-40(49(44,45)24-11-12-28-26(20-24)36-33(43)48-28)17-14-34-32(42)27(35-31(25)41)19-22-7-3-2-4-8-22/h2-5,7-12,20-21,27H,6,13-19H2,1H3,(H,34,42)(H,35,41)(H,36,43)/t27-/m0/s1. The van der Waals surface area contributed by atoms with Crippen LogP contribution in [0.3, 0.4) is 0 Å². The topological polar surface area (TPSA) is 191 Å². The third-order valence-electron chi connectivity index (χ3n) is 8.02. The number of aromatic nitrogens is 4. The van der Waals surface area contributed by atoms with Crippen molar-refractivity contribution in [3.63, 3.8) is 0 Å². The summed E-state index contributed by atoms with van der Waals surface area (Å²) >= 11 is 0. The molecule has 1 aliphatic heterocycles. The summed E-state index contributed by atoms with van der Waals surface area (Å²) in [5.41, 5.74) is 2.04. The molecule has 0 saturated carbocycles. The number of H-pyrrole nitrogens is 1. The van der Waals surface area contributed by atoms with Crippen molar-refractivity contribution < 1.29 is 31.9 Å². The van der Waals surface area contributed by atoms with Crippen molar-refractivity contribution in [1.82, 2.24) is 34.9 Å². The first-order chi connectivity index (χ1) is 23.7. The molecule has 0 fully saturated rings.